The molecular formula is C35H40N2O5. The maximum absolute atomic E-state index is 12.9. The van der Waals surface area contributed by atoms with Gasteiger partial charge in [-0.2, -0.15) is 0 Å². The highest BCUT2D eigenvalue weighted by atomic mass is 16.6. The van der Waals surface area contributed by atoms with E-state index in [1.165, 1.54) is 16.3 Å². The Balaban J connectivity index is 1.21. The first-order chi connectivity index (χ1) is 20.3. The van der Waals surface area contributed by atoms with Crippen LogP contribution in [0.2, 0.25) is 0 Å². The second-order valence-corrected chi connectivity index (χ2v) is 11.7. The molecule has 4 aromatic rings. The monoisotopic (exact) mass is 568 g/mol. The van der Waals surface area contributed by atoms with Crippen molar-refractivity contribution in [2.75, 3.05) is 26.3 Å². The molecule has 1 fully saturated rings. The van der Waals surface area contributed by atoms with Gasteiger partial charge in [-0.1, -0.05) is 54.6 Å². The summed E-state index contributed by atoms with van der Waals surface area (Å²) in [4.78, 5) is 18.8. The average Bonchev–Trinajstić information content (AvgIpc) is 2.99. The number of likely N-dealkylation sites (tertiary alicyclic amines) is 1. The van der Waals surface area contributed by atoms with Crippen molar-refractivity contribution in [2.24, 2.45) is 0 Å². The lowest BCUT2D eigenvalue weighted by atomic mass is 9.87. The van der Waals surface area contributed by atoms with E-state index < -0.39 is 5.60 Å². The van der Waals surface area contributed by atoms with Crippen molar-refractivity contribution in [2.45, 2.75) is 58.0 Å². The molecule has 0 N–H and O–H groups in total. The van der Waals surface area contributed by atoms with Crippen molar-refractivity contribution >= 4 is 16.9 Å². The fourth-order valence-corrected chi connectivity index (χ4v) is 5.19. The zero-order valence-electron chi connectivity index (χ0n) is 24.7. The smallest absolute Gasteiger partial charge is 0.410 e. The number of piperidine rings is 1. The number of hydrogen-bond donors (Lipinski definition) is 0. The van der Waals surface area contributed by atoms with E-state index in [0.29, 0.717) is 39.5 Å². The lowest BCUT2D eigenvalue weighted by Crippen LogP contribution is -2.48. The lowest BCUT2D eigenvalue weighted by Gasteiger charge is -2.39. The normalized spacial score (nSPS) is 17.3. The van der Waals surface area contributed by atoms with E-state index in [-0.39, 0.29) is 18.1 Å². The summed E-state index contributed by atoms with van der Waals surface area (Å²) in [6, 6.07) is 26.8. The van der Waals surface area contributed by atoms with Crippen molar-refractivity contribution in [3.63, 3.8) is 0 Å². The first-order valence-electron chi connectivity index (χ1n) is 14.6. The molecule has 1 amide bonds. The van der Waals surface area contributed by atoms with E-state index in [9.17, 15) is 4.79 Å². The number of hydrogen-bond acceptors (Lipinski definition) is 6. The number of aromatic nitrogens is 1. The molecule has 2 atom stereocenters. The molecule has 220 valence electrons. The fourth-order valence-electron chi connectivity index (χ4n) is 5.19. The van der Waals surface area contributed by atoms with E-state index >= 15 is 0 Å². The molecule has 2 unspecified atom stereocenters. The van der Waals surface area contributed by atoms with Crippen LogP contribution in [0, 0.1) is 0 Å². The van der Waals surface area contributed by atoms with Crippen molar-refractivity contribution in [1.29, 1.82) is 0 Å². The second-order valence-electron chi connectivity index (χ2n) is 11.7. The predicted octanol–water partition coefficient (Wildman–Crippen LogP) is 7.14. The average molecular weight is 569 g/mol. The number of benzene rings is 3. The van der Waals surface area contributed by atoms with Crippen LogP contribution < -0.4 is 4.74 Å². The highest BCUT2D eigenvalue weighted by Crippen LogP contribution is 2.33. The summed E-state index contributed by atoms with van der Waals surface area (Å²) in [6.45, 7) is 8.69. The van der Waals surface area contributed by atoms with Crippen LogP contribution in [0.3, 0.4) is 0 Å². The fraction of sp³-hybridized carbons (Fsp3) is 0.371. The van der Waals surface area contributed by atoms with Crippen LogP contribution in [0.4, 0.5) is 4.79 Å². The van der Waals surface area contributed by atoms with Crippen LogP contribution in [0.5, 0.6) is 5.75 Å². The molecule has 3 aromatic carbocycles. The van der Waals surface area contributed by atoms with Gasteiger partial charge in [0.1, 0.15) is 18.0 Å². The number of fused-ring (bicyclic) bond motifs is 1. The number of pyridine rings is 1. The molecule has 0 bridgehead atoms. The topological polar surface area (TPSA) is 70.1 Å². The van der Waals surface area contributed by atoms with Crippen molar-refractivity contribution in [3.05, 3.63) is 108 Å². The minimum atomic E-state index is -0.547. The van der Waals surface area contributed by atoms with Gasteiger partial charge in [0.15, 0.2) is 0 Å². The zero-order chi connectivity index (χ0) is 29.4. The molecule has 0 radical (unpaired) electrons. The highest BCUT2D eigenvalue weighted by Gasteiger charge is 2.35. The maximum Gasteiger partial charge on any atom is 0.410 e. The summed E-state index contributed by atoms with van der Waals surface area (Å²) in [7, 11) is 0. The van der Waals surface area contributed by atoms with Gasteiger partial charge in [-0.15, -0.1) is 0 Å². The Morgan fingerprint density at radius 2 is 1.71 bits per heavy atom. The SMILES string of the molecule is CC(C)(C)OC(=O)N1CCC(c2ccc(OCCOCc3cccnc3)cc2)C(OCc2ccc3ccccc3c2)C1. The van der Waals surface area contributed by atoms with Crippen molar-refractivity contribution in [1.82, 2.24) is 9.88 Å². The first kappa shape index (κ1) is 29.5. The summed E-state index contributed by atoms with van der Waals surface area (Å²) < 4.78 is 23.8. The van der Waals surface area contributed by atoms with Crippen LogP contribution in [0.1, 0.15) is 49.8 Å². The van der Waals surface area contributed by atoms with Crippen LogP contribution in [-0.2, 0) is 27.4 Å². The van der Waals surface area contributed by atoms with E-state index in [4.69, 9.17) is 18.9 Å². The van der Waals surface area contributed by atoms with Gasteiger partial charge in [-0.3, -0.25) is 4.98 Å². The molecule has 5 rings (SSSR count). The van der Waals surface area contributed by atoms with Gasteiger partial charge < -0.3 is 23.8 Å². The van der Waals surface area contributed by atoms with Crippen LogP contribution >= 0.6 is 0 Å². The molecule has 1 saturated heterocycles. The van der Waals surface area contributed by atoms with Crippen LogP contribution in [0.25, 0.3) is 10.8 Å². The quantitative estimate of drug-likeness (QED) is 0.189. The summed E-state index contributed by atoms with van der Waals surface area (Å²) in [6.07, 6.45) is 3.86. The van der Waals surface area contributed by atoms with Gasteiger partial charge in [0, 0.05) is 24.9 Å². The number of carbonyl (C=O) groups is 1. The van der Waals surface area contributed by atoms with Crippen molar-refractivity contribution < 1.29 is 23.7 Å². The van der Waals surface area contributed by atoms with Crippen LogP contribution in [-0.4, -0.2) is 54.0 Å². The summed E-state index contributed by atoms with van der Waals surface area (Å²) in [5, 5.41) is 2.39. The van der Waals surface area contributed by atoms with E-state index in [1.807, 2.05) is 57.2 Å². The summed E-state index contributed by atoms with van der Waals surface area (Å²) in [5.74, 6) is 0.935. The molecule has 0 spiro atoms. The standard InChI is InChI=1S/C35H40N2O5/c1-35(2,3)42-34(38)37-18-16-32(33(23-37)41-25-26-10-11-28-8-4-5-9-30(28)21-26)29-12-14-31(15-13-29)40-20-19-39-24-27-7-6-17-36-22-27/h4-15,17,21-22,32-33H,16,18-20,23-25H2,1-3H3. The van der Waals surface area contributed by atoms with Crippen LogP contribution in [0.15, 0.2) is 91.3 Å². The van der Waals surface area contributed by atoms with Gasteiger partial charge in [-0.05, 0) is 78.9 Å². The summed E-state index contributed by atoms with van der Waals surface area (Å²) >= 11 is 0. The third-order valence-electron chi connectivity index (χ3n) is 7.28. The zero-order valence-corrected chi connectivity index (χ0v) is 24.7. The highest BCUT2D eigenvalue weighted by molar-refractivity contribution is 5.82. The largest absolute Gasteiger partial charge is 0.491 e. The molecular weight excluding hydrogens is 528 g/mol. The molecule has 1 aliphatic heterocycles. The number of nitrogens with zero attached hydrogens (tertiary/aromatic N) is 2. The molecule has 42 heavy (non-hydrogen) atoms. The molecule has 7 heteroatoms. The third kappa shape index (κ3) is 8.30. The molecule has 2 heterocycles. The molecule has 0 aliphatic carbocycles. The Kier molecular flexibility index (Phi) is 9.72. The summed E-state index contributed by atoms with van der Waals surface area (Å²) in [5.41, 5.74) is 2.77. The minimum absolute atomic E-state index is 0.140. The Morgan fingerprint density at radius 1 is 0.905 bits per heavy atom. The predicted molar refractivity (Wildman–Crippen MR) is 164 cm³/mol. The minimum Gasteiger partial charge on any atom is -0.491 e. The van der Waals surface area contributed by atoms with Gasteiger partial charge in [0.25, 0.3) is 0 Å². The number of amides is 1. The number of ether oxygens (including phenoxy) is 4. The first-order valence-corrected chi connectivity index (χ1v) is 14.6. The lowest BCUT2D eigenvalue weighted by molar-refractivity contribution is -0.0359. The number of rotatable bonds is 10. The Bertz CT molecular complexity index is 1440. The number of carbonyl (C=O) groups excluding carboxylic acids is 1. The van der Waals surface area contributed by atoms with Gasteiger partial charge >= 0.3 is 6.09 Å². The molecule has 1 aromatic heterocycles. The van der Waals surface area contributed by atoms with E-state index in [0.717, 1.165) is 23.3 Å². The Morgan fingerprint density at radius 3 is 2.48 bits per heavy atom. The van der Waals surface area contributed by atoms with Gasteiger partial charge in [0.05, 0.1) is 32.5 Å². The Labute approximate surface area is 248 Å². The van der Waals surface area contributed by atoms with Gasteiger partial charge in [0.2, 0.25) is 0 Å². The molecule has 0 saturated carbocycles. The molecule has 7 nitrogen and oxygen atoms in total. The van der Waals surface area contributed by atoms with E-state index in [1.54, 1.807) is 17.3 Å². The van der Waals surface area contributed by atoms with Crippen molar-refractivity contribution in [3.8, 4) is 5.75 Å². The molecule has 1 aliphatic rings. The van der Waals surface area contributed by atoms with Gasteiger partial charge in [-0.25, -0.2) is 4.79 Å². The van der Waals surface area contributed by atoms with E-state index in [2.05, 4.69) is 47.4 Å². The Hall–Kier alpha value is -3.94. The maximum atomic E-state index is 12.9. The third-order valence-corrected chi connectivity index (χ3v) is 7.28. The second kappa shape index (κ2) is 13.8.